The fourth-order valence-electron chi connectivity index (χ4n) is 2.80. The zero-order valence-electron chi connectivity index (χ0n) is 15.5. The summed E-state index contributed by atoms with van der Waals surface area (Å²) in [7, 11) is 0. The van der Waals surface area contributed by atoms with E-state index >= 15 is 0 Å². The molecule has 124 valence electrons. The molecule has 0 heterocycles. The molecule has 0 aliphatic rings. The molecule has 0 heteroatoms. The van der Waals surface area contributed by atoms with E-state index in [4.69, 9.17) is 0 Å². The van der Waals surface area contributed by atoms with Gasteiger partial charge in [0, 0.05) is 0 Å². The van der Waals surface area contributed by atoms with Crippen LogP contribution >= 0.6 is 0 Å². The molecule has 21 heavy (non-hydrogen) atoms. The lowest BCUT2D eigenvalue weighted by atomic mass is 9.85. The average Bonchev–Trinajstić information content (AvgIpc) is 2.43. The van der Waals surface area contributed by atoms with Gasteiger partial charge in [-0.1, -0.05) is 71.8 Å². The summed E-state index contributed by atoms with van der Waals surface area (Å²) >= 11 is 0. The Kier molecular flexibility index (Phi) is 12.8. The molecule has 0 saturated heterocycles. The second-order valence-electron chi connectivity index (χ2n) is 7.40. The van der Waals surface area contributed by atoms with E-state index in [9.17, 15) is 0 Å². The van der Waals surface area contributed by atoms with Crippen LogP contribution in [0.2, 0.25) is 0 Å². The number of allylic oxidation sites excluding steroid dienone is 3. The van der Waals surface area contributed by atoms with Crippen molar-refractivity contribution in [1.29, 1.82) is 0 Å². The molecule has 0 aromatic heterocycles. The van der Waals surface area contributed by atoms with E-state index in [2.05, 4.69) is 53.3 Å². The molecule has 0 rings (SSSR count). The van der Waals surface area contributed by atoms with Gasteiger partial charge in [0.25, 0.3) is 0 Å². The van der Waals surface area contributed by atoms with Gasteiger partial charge in [0.15, 0.2) is 0 Å². The maximum atomic E-state index is 4.07. The molecule has 1 unspecified atom stereocenters. The van der Waals surface area contributed by atoms with Crippen LogP contribution in [0.4, 0.5) is 0 Å². The molecule has 0 nitrogen and oxygen atoms in total. The van der Waals surface area contributed by atoms with Crippen LogP contribution < -0.4 is 0 Å². The Labute approximate surface area is 135 Å². The molecule has 0 N–H and O–H groups in total. The van der Waals surface area contributed by atoms with E-state index < -0.39 is 0 Å². The Bertz CT molecular complexity index is 270. The maximum Gasteiger partial charge on any atom is -0.0320 e. The molecule has 0 saturated carbocycles. The van der Waals surface area contributed by atoms with Crippen LogP contribution in [0.1, 0.15) is 92.4 Å². The zero-order valence-corrected chi connectivity index (χ0v) is 15.5. The minimum atomic E-state index is 0.809. The van der Waals surface area contributed by atoms with Gasteiger partial charge in [-0.15, -0.1) is 0 Å². The lowest BCUT2D eigenvalue weighted by Crippen LogP contribution is -2.10. The Morgan fingerprint density at radius 2 is 1.62 bits per heavy atom. The van der Waals surface area contributed by atoms with Gasteiger partial charge < -0.3 is 0 Å². The SMILES string of the molecule is C=C(CC)CCCCCC/C=C/CC(CC(C)C)C(C)C. The van der Waals surface area contributed by atoms with Crippen LogP contribution in [-0.2, 0) is 0 Å². The van der Waals surface area contributed by atoms with Gasteiger partial charge in [-0.05, 0) is 62.7 Å². The number of hydrogen-bond donors (Lipinski definition) is 0. The summed E-state index contributed by atoms with van der Waals surface area (Å²) in [6.07, 6.45) is 16.6. The second-order valence-corrected chi connectivity index (χ2v) is 7.40. The normalized spacial score (nSPS) is 13.5. The van der Waals surface area contributed by atoms with Crippen LogP contribution in [0.3, 0.4) is 0 Å². The van der Waals surface area contributed by atoms with Crippen LogP contribution in [0, 0.1) is 17.8 Å². The topological polar surface area (TPSA) is 0 Å². The van der Waals surface area contributed by atoms with Crippen molar-refractivity contribution in [2.75, 3.05) is 0 Å². The van der Waals surface area contributed by atoms with Gasteiger partial charge >= 0.3 is 0 Å². The smallest absolute Gasteiger partial charge is 0.0320 e. The molecule has 0 radical (unpaired) electrons. The maximum absolute atomic E-state index is 4.07. The van der Waals surface area contributed by atoms with E-state index in [1.54, 1.807) is 0 Å². The highest BCUT2D eigenvalue weighted by atomic mass is 14.2. The van der Waals surface area contributed by atoms with Gasteiger partial charge in [-0.2, -0.15) is 0 Å². The summed E-state index contributed by atoms with van der Waals surface area (Å²) in [5.74, 6) is 2.49. The monoisotopic (exact) mass is 292 g/mol. The lowest BCUT2D eigenvalue weighted by Gasteiger charge is -2.21. The van der Waals surface area contributed by atoms with Gasteiger partial charge in [-0.3, -0.25) is 0 Å². The van der Waals surface area contributed by atoms with E-state index in [1.165, 1.54) is 56.9 Å². The van der Waals surface area contributed by atoms with Crippen molar-refractivity contribution in [3.63, 3.8) is 0 Å². The van der Waals surface area contributed by atoms with E-state index in [-0.39, 0.29) is 0 Å². The van der Waals surface area contributed by atoms with Crippen molar-refractivity contribution in [1.82, 2.24) is 0 Å². The summed E-state index contributed by atoms with van der Waals surface area (Å²) < 4.78 is 0. The molecule has 1 atom stereocenters. The Balaban J connectivity index is 3.60. The largest absolute Gasteiger partial charge is 0.0999 e. The summed E-state index contributed by atoms with van der Waals surface area (Å²) in [5.41, 5.74) is 1.42. The van der Waals surface area contributed by atoms with Crippen molar-refractivity contribution < 1.29 is 0 Å². The molecule has 0 spiro atoms. The predicted octanol–water partition coefficient (Wildman–Crippen LogP) is 7.56. The molecular formula is C21H40. The minimum absolute atomic E-state index is 0.809. The van der Waals surface area contributed by atoms with Crippen molar-refractivity contribution in [2.45, 2.75) is 92.4 Å². The average molecular weight is 293 g/mol. The second kappa shape index (κ2) is 13.2. The lowest BCUT2D eigenvalue weighted by molar-refractivity contribution is 0.320. The van der Waals surface area contributed by atoms with Crippen LogP contribution in [0.15, 0.2) is 24.3 Å². The van der Waals surface area contributed by atoms with Crippen LogP contribution in [0.5, 0.6) is 0 Å². The third kappa shape index (κ3) is 12.9. The van der Waals surface area contributed by atoms with E-state index in [0.717, 1.165) is 24.2 Å². The van der Waals surface area contributed by atoms with Crippen LogP contribution in [-0.4, -0.2) is 0 Å². The summed E-state index contributed by atoms with van der Waals surface area (Å²) in [6, 6.07) is 0. The first-order valence-electron chi connectivity index (χ1n) is 9.29. The van der Waals surface area contributed by atoms with Gasteiger partial charge in [0.2, 0.25) is 0 Å². The summed E-state index contributed by atoms with van der Waals surface area (Å²) in [4.78, 5) is 0. The third-order valence-corrected chi connectivity index (χ3v) is 4.47. The van der Waals surface area contributed by atoms with Gasteiger partial charge in [0.1, 0.15) is 0 Å². The minimum Gasteiger partial charge on any atom is -0.0999 e. The highest BCUT2D eigenvalue weighted by molar-refractivity contribution is 4.91. The first-order valence-corrected chi connectivity index (χ1v) is 9.29. The molecule has 0 aliphatic heterocycles. The molecule has 0 aliphatic carbocycles. The predicted molar refractivity (Wildman–Crippen MR) is 98.7 cm³/mol. The molecule has 0 bridgehead atoms. The van der Waals surface area contributed by atoms with Crippen molar-refractivity contribution in [3.05, 3.63) is 24.3 Å². The first kappa shape index (κ1) is 20.5. The third-order valence-electron chi connectivity index (χ3n) is 4.47. The van der Waals surface area contributed by atoms with Crippen molar-refractivity contribution in [2.24, 2.45) is 17.8 Å². The van der Waals surface area contributed by atoms with Gasteiger partial charge in [-0.25, -0.2) is 0 Å². The van der Waals surface area contributed by atoms with E-state index in [0.29, 0.717) is 0 Å². The Hall–Kier alpha value is -0.520. The highest BCUT2D eigenvalue weighted by Gasteiger charge is 2.13. The van der Waals surface area contributed by atoms with Gasteiger partial charge in [0.05, 0.1) is 0 Å². The molecule has 0 aromatic carbocycles. The van der Waals surface area contributed by atoms with Crippen LogP contribution in [0.25, 0.3) is 0 Å². The molecule has 0 aromatic rings. The standard InChI is InChI=1S/C21H40/c1-7-20(6)15-13-11-9-8-10-12-14-16-21(19(4)5)17-18(2)3/h12,14,18-19,21H,6-11,13,15-17H2,1-5H3/b14-12+. The molecular weight excluding hydrogens is 252 g/mol. The zero-order chi connectivity index (χ0) is 16.1. The molecule has 0 amide bonds. The number of rotatable bonds is 13. The Morgan fingerprint density at radius 1 is 0.952 bits per heavy atom. The van der Waals surface area contributed by atoms with Crippen molar-refractivity contribution in [3.8, 4) is 0 Å². The number of unbranched alkanes of at least 4 members (excludes halogenated alkanes) is 4. The summed E-state index contributed by atoms with van der Waals surface area (Å²) in [5, 5.41) is 0. The quantitative estimate of drug-likeness (QED) is 0.243. The fourth-order valence-corrected chi connectivity index (χ4v) is 2.80. The fraction of sp³-hybridized carbons (Fsp3) is 0.810. The summed E-state index contributed by atoms with van der Waals surface area (Å²) in [6.45, 7) is 15.7. The first-order chi connectivity index (χ1) is 9.97. The molecule has 0 fully saturated rings. The Morgan fingerprint density at radius 3 is 2.19 bits per heavy atom. The van der Waals surface area contributed by atoms with Crippen molar-refractivity contribution >= 4 is 0 Å². The highest BCUT2D eigenvalue weighted by Crippen LogP contribution is 2.24. The van der Waals surface area contributed by atoms with E-state index in [1.807, 2.05) is 0 Å². The number of hydrogen-bond acceptors (Lipinski definition) is 0.